The topological polar surface area (TPSA) is 108 Å². The lowest BCUT2D eigenvalue weighted by Crippen LogP contribution is -2.19. The van der Waals surface area contributed by atoms with Gasteiger partial charge in [-0.2, -0.15) is 5.10 Å². The number of aromatic nitrogens is 7. The molecular formula is C27H23FN8O. The maximum Gasteiger partial charge on any atom is 0.135 e. The number of rotatable bonds is 7. The van der Waals surface area contributed by atoms with E-state index in [0.29, 0.717) is 46.2 Å². The van der Waals surface area contributed by atoms with Gasteiger partial charge in [-0.25, -0.2) is 9.37 Å². The first-order chi connectivity index (χ1) is 18.0. The molecular weight excluding hydrogens is 471 g/mol. The second-order valence-electron chi connectivity index (χ2n) is 8.89. The van der Waals surface area contributed by atoms with Gasteiger partial charge in [0.05, 0.1) is 28.8 Å². The average molecular weight is 495 g/mol. The molecule has 6 aromatic rings. The highest BCUT2D eigenvalue weighted by Gasteiger charge is 2.17. The number of hydrogen-bond donors (Lipinski definition) is 2. The van der Waals surface area contributed by atoms with Gasteiger partial charge in [0.2, 0.25) is 0 Å². The van der Waals surface area contributed by atoms with E-state index >= 15 is 0 Å². The fraction of sp³-hybridized carbons (Fsp3) is 0.148. The van der Waals surface area contributed by atoms with E-state index in [4.69, 9.17) is 9.72 Å². The molecule has 10 heteroatoms. The Hall–Kier alpha value is -4.70. The Kier molecular flexibility index (Phi) is 5.78. The van der Waals surface area contributed by atoms with Crippen molar-refractivity contribution in [2.24, 2.45) is 0 Å². The normalized spacial score (nSPS) is 11.6. The SMILES string of the molecule is CN(C)CCOc1cc(F)cc(-c2nccc3[nH]c(-c4n[nH]c5ccc(-c6cnccn6)nc45)cc23)c1. The van der Waals surface area contributed by atoms with Crippen LogP contribution in [0, 0.1) is 5.82 Å². The highest BCUT2D eigenvalue weighted by Crippen LogP contribution is 2.34. The van der Waals surface area contributed by atoms with Crippen LogP contribution in [0.2, 0.25) is 0 Å². The number of benzene rings is 1. The Morgan fingerprint density at radius 2 is 1.84 bits per heavy atom. The molecule has 0 aliphatic rings. The molecule has 9 nitrogen and oxygen atoms in total. The lowest BCUT2D eigenvalue weighted by atomic mass is 10.1. The third kappa shape index (κ3) is 4.50. The van der Waals surface area contributed by atoms with Crippen LogP contribution in [0.5, 0.6) is 5.75 Å². The van der Waals surface area contributed by atoms with E-state index in [1.54, 1.807) is 24.8 Å². The Morgan fingerprint density at radius 1 is 0.919 bits per heavy atom. The van der Waals surface area contributed by atoms with E-state index < -0.39 is 0 Å². The number of ether oxygens (including phenoxy) is 1. The summed E-state index contributed by atoms with van der Waals surface area (Å²) in [5.41, 5.74) is 6.41. The molecule has 0 saturated carbocycles. The molecule has 0 atom stereocenters. The summed E-state index contributed by atoms with van der Waals surface area (Å²) in [6, 6.07) is 12.3. The summed E-state index contributed by atoms with van der Waals surface area (Å²) in [7, 11) is 3.92. The van der Waals surface area contributed by atoms with Crippen molar-refractivity contribution < 1.29 is 9.13 Å². The van der Waals surface area contributed by atoms with Crippen LogP contribution in [0.3, 0.4) is 0 Å². The number of pyridine rings is 2. The fourth-order valence-corrected chi connectivity index (χ4v) is 4.20. The minimum absolute atomic E-state index is 0.383. The van der Waals surface area contributed by atoms with Crippen LogP contribution < -0.4 is 4.74 Å². The minimum atomic E-state index is -0.383. The Morgan fingerprint density at radius 3 is 2.68 bits per heavy atom. The highest BCUT2D eigenvalue weighted by atomic mass is 19.1. The summed E-state index contributed by atoms with van der Waals surface area (Å²) >= 11 is 0. The van der Waals surface area contributed by atoms with E-state index in [9.17, 15) is 4.39 Å². The minimum Gasteiger partial charge on any atom is -0.492 e. The summed E-state index contributed by atoms with van der Waals surface area (Å²) in [6.45, 7) is 1.18. The zero-order chi connectivity index (χ0) is 25.4. The van der Waals surface area contributed by atoms with Crippen LogP contribution >= 0.6 is 0 Å². The molecule has 6 rings (SSSR count). The van der Waals surface area contributed by atoms with E-state index in [-0.39, 0.29) is 5.82 Å². The molecule has 0 aliphatic heterocycles. The Balaban J connectivity index is 1.41. The molecule has 0 aliphatic carbocycles. The molecule has 0 unspecified atom stereocenters. The summed E-state index contributed by atoms with van der Waals surface area (Å²) < 4.78 is 20.3. The number of hydrogen-bond acceptors (Lipinski definition) is 7. The van der Waals surface area contributed by atoms with Crippen LogP contribution in [0.25, 0.3) is 56.0 Å². The molecule has 0 saturated heterocycles. The second kappa shape index (κ2) is 9.40. The van der Waals surface area contributed by atoms with Crippen LogP contribution in [0.1, 0.15) is 0 Å². The largest absolute Gasteiger partial charge is 0.492 e. The summed E-state index contributed by atoms with van der Waals surface area (Å²) in [5, 5.41) is 8.40. The van der Waals surface area contributed by atoms with Crippen LogP contribution in [-0.4, -0.2) is 67.3 Å². The summed E-state index contributed by atoms with van der Waals surface area (Å²) in [6.07, 6.45) is 6.63. The molecule has 37 heavy (non-hydrogen) atoms. The van der Waals surface area contributed by atoms with E-state index in [0.717, 1.165) is 28.7 Å². The first-order valence-electron chi connectivity index (χ1n) is 11.7. The van der Waals surface area contributed by atoms with E-state index in [2.05, 4.69) is 30.1 Å². The number of nitrogens with zero attached hydrogens (tertiary/aromatic N) is 6. The van der Waals surface area contributed by atoms with E-state index in [1.807, 2.05) is 49.3 Å². The van der Waals surface area contributed by atoms with Crippen LogP contribution in [0.4, 0.5) is 4.39 Å². The molecule has 184 valence electrons. The number of nitrogens with one attached hydrogen (secondary N) is 2. The first kappa shape index (κ1) is 22.7. The molecule has 0 spiro atoms. The zero-order valence-electron chi connectivity index (χ0n) is 20.2. The van der Waals surface area contributed by atoms with Gasteiger partial charge in [0.25, 0.3) is 0 Å². The van der Waals surface area contributed by atoms with Gasteiger partial charge in [-0.15, -0.1) is 0 Å². The number of aromatic amines is 2. The van der Waals surface area contributed by atoms with Gasteiger partial charge in [-0.3, -0.25) is 20.1 Å². The molecule has 0 fully saturated rings. The van der Waals surface area contributed by atoms with Crippen molar-refractivity contribution in [2.75, 3.05) is 27.2 Å². The quantitative estimate of drug-likeness (QED) is 0.331. The number of halogens is 1. The molecule has 0 bridgehead atoms. The van der Waals surface area contributed by atoms with Crippen molar-refractivity contribution in [2.45, 2.75) is 0 Å². The molecule has 1 aromatic carbocycles. The number of likely N-dealkylation sites (N-methyl/N-ethyl adjacent to an activating group) is 1. The lowest BCUT2D eigenvalue weighted by molar-refractivity contribution is 0.260. The van der Waals surface area contributed by atoms with Crippen molar-refractivity contribution in [3.05, 3.63) is 73.1 Å². The van der Waals surface area contributed by atoms with Gasteiger partial charge in [0, 0.05) is 47.7 Å². The van der Waals surface area contributed by atoms with Crippen molar-refractivity contribution in [3.8, 4) is 39.8 Å². The molecule has 0 amide bonds. The summed E-state index contributed by atoms with van der Waals surface area (Å²) in [4.78, 5) is 23.3. The van der Waals surface area contributed by atoms with Crippen molar-refractivity contribution in [1.82, 2.24) is 40.0 Å². The zero-order valence-corrected chi connectivity index (χ0v) is 20.2. The highest BCUT2D eigenvalue weighted by molar-refractivity contribution is 5.99. The van der Waals surface area contributed by atoms with Crippen LogP contribution in [-0.2, 0) is 0 Å². The molecule has 2 N–H and O–H groups in total. The predicted octanol–water partition coefficient (Wildman–Crippen LogP) is 4.70. The van der Waals surface area contributed by atoms with Gasteiger partial charge in [-0.1, -0.05) is 0 Å². The molecule has 5 heterocycles. The Labute approximate surface area is 211 Å². The maximum atomic E-state index is 14.5. The monoisotopic (exact) mass is 494 g/mol. The van der Waals surface area contributed by atoms with Gasteiger partial charge in [-0.05, 0) is 50.5 Å². The Bertz CT molecular complexity index is 1710. The second-order valence-corrected chi connectivity index (χ2v) is 8.89. The maximum absolute atomic E-state index is 14.5. The first-order valence-corrected chi connectivity index (χ1v) is 11.7. The molecule has 5 aromatic heterocycles. The predicted molar refractivity (Wildman–Crippen MR) is 139 cm³/mol. The van der Waals surface area contributed by atoms with Crippen LogP contribution in [0.15, 0.2) is 67.3 Å². The fourth-order valence-electron chi connectivity index (χ4n) is 4.20. The van der Waals surface area contributed by atoms with Crippen molar-refractivity contribution in [3.63, 3.8) is 0 Å². The lowest BCUT2D eigenvalue weighted by Gasteiger charge is -2.12. The third-order valence-electron chi connectivity index (χ3n) is 5.99. The average Bonchev–Trinajstić information content (AvgIpc) is 3.52. The smallest absolute Gasteiger partial charge is 0.135 e. The number of fused-ring (bicyclic) bond motifs is 2. The standard InChI is InChI=1S/C27H23FN8O/c1-36(2)9-10-37-18-12-16(11-17(28)13-18)25-19-14-23(32-20(19)5-6-31-25)27-26-22(34-35-27)4-3-21(33-26)24-15-29-7-8-30-24/h3-8,11-15,32H,9-10H2,1-2H3,(H,34,35). The van der Waals surface area contributed by atoms with Crippen molar-refractivity contribution in [1.29, 1.82) is 0 Å². The summed E-state index contributed by atoms with van der Waals surface area (Å²) in [5.74, 6) is 0.0800. The molecule has 0 radical (unpaired) electrons. The third-order valence-corrected chi connectivity index (χ3v) is 5.99. The number of H-pyrrole nitrogens is 2. The van der Waals surface area contributed by atoms with Gasteiger partial charge >= 0.3 is 0 Å². The van der Waals surface area contributed by atoms with Crippen molar-refractivity contribution >= 4 is 21.9 Å². The van der Waals surface area contributed by atoms with Gasteiger partial charge < -0.3 is 14.6 Å². The van der Waals surface area contributed by atoms with Gasteiger partial charge in [0.15, 0.2) is 0 Å². The van der Waals surface area contributed by atoms with E-state index in [1.165, 1.54) is 12.1 Å². The van der Waals surface area contributed by atoms with Gasteiger partial charge in [0.1, 0.15) is 35.1 Å².